The van der Waals surface area contributed by atoms with Crippen molar-refractivity contribution in [3.63, 3.8) is 0 Å². The molecular formula is C10H13ClOS. The van der Waals surface area contributed by atoms with E-state index in [1.54, 1.807) is 12.1 Å². The molecular weight excluding hydrogens is 204 g/mol. The van der Waals surface area contributed by atoms with Crippen LogP contribution in [0.25, 0.3) is 0 Å². The van der Waals surface area contributed by atoms with E-state index < -0.39 is 10.8 Å². The molecule has 0 fully saturated rings. The van der Waals surface area contributed by atoms with Crippen molar-refractivity contribution in [3.05, 3.63) is 29.3 Å². The molecule has 72 valence electrons. The lowest BCUT2D eigenvalue weighted by atomic mass is 10.3. The molecule has 1 unspecified atom stereocenters. The highest BCUT2D eigenvalue weighted by Gasteiger charge is 2.20. The average Bonchev–Trinajstić information content (AvgIpc) is 2.03. The Morgan fingerprint density at radius 3 is 2.00 bits per heavy atom. The Morgan fingerprint density at radius 2 is 1.62 bits per heavy atom. The number of halogens is 1. The van der Waals surface area contributed by atoms with Crippen LogP contribution in [0.3, 0.4) is 0 Å². The molecule has 0 heterocycles. The molecule has 1 nitrogen and oxygen atoms in total. The molecule has 1 aromatic carbocycles. The number of hydrogen-bond acceptors (Lipinski definition) is 1. The molecule has 0 aliphatic carbocycles. The Hall–Kier alpha value is -0.340. The molecule has 1 atom stereocenters. The topological polar surface area (TPSA) is 17.1 Å². The van der Waals surface area contributed by atoms with Gasteiger partial charge in [-0.15, -0.1) is 0 Å². The summed E-state index contributed by atoms with van der Waals surface area (Å²) in [5.41, 5.74) is 0. The minimum absolute atomic E-state index is 0.214. The fourth-order valence-corrected chi connectivity index (χ4v) is 2.13. The normalized spacial score (nSPS) is 14.2. The molecule has 0 bridgehead atoms. The maximum absolute atomic E-state index is 11.8. The van der Waals surface area contributed by atoms with Crippen LogP contribution in [0.5, 0.6) is 0 Å². The van der Waals surface area contributed by atoms with Crippen molar-refractivity contribution in [1.29, 1.82) is 0 Å². The van der Waals surface area contributed by atoms with E-state index >= 15 is 0 Å². The van der Waals surface area contributed by atoms with E-state index in [9.17, 15) is 4.21 Å². The molecule has 0 aliphatic heterocycles. The zero-order chi connectivity index (χ0) is 10.1. The Kier molecular flexibility index (Phi) is 3.14. The number of rotatable bonds is 1. The van der Waals surface area contributed by atoms with Crippen LogP contribution in [-0.4, -0.2) is 8.96 Å². The third kappa shape index (κ3) is 2.82. The fourth-order valence-electron chi connectivity index (χ4n) is 0.912. The summed E-state index contributed by atoms with van der Waals surface area (Å²) in [5.74, 6) is 0. The van der Waals surface area contributed by atoms with E-state index in [2.05, 4.69) is 0 Å². The van der Waals surface area contributed by atoms with Crippen molar-refractivity contribution in [2.24, 2.45) is 0 Å². The van der Waals surface area contributed by atoms with Gasteiger partial charge in [-0.05, 0) is 45.0 Å². The predicted octanol–water partition coefficient (Wildman–Crippen LogP) is 3.25. The average molecular weight is 217 g/mol. The Labute approximate surface area is 86.6 Å². The smallest absolute Gasteiger partial charge is 0.0583 e. The highest BCUT2D eigenvalue weighted by atomic mass is 35.5. The van der Waals surface area contributed by atoms with Crippen LogP contribution in [0.1, 0.15) is 20.8 Å². The molecule has 1 rings (SSSR count). The summed E-state index contributed by atoms with van der Waals surface area (Å²) >= 11 is 5.73. The Morgan fingerprint density at radius 1 is 1.15 bits per heavy atom. The maximum Gasteiger partial charge on any atom is 0.0583 e. The third-order valence-corrected chi connectivity index (χ3v) is 3.65. The van der Waals surface area contributed by atoms with Crippen molar-refractivity contribution in [2.45, 2.75) is 30.4 Å². The molecule has 3 heteroatoms. The van der Waals surface area contributed by atoms with Gasteiger partial charge < -0.3 is 0 Å². The van der Waals surface area contributed by atoms with Gasteiger partial charge in [-0.1, -0.05) is 11.6 Å². The lowest BCUT2D eigenvalue weighted by Gasteiger charge is -2.17. The molecule has 0 aromatic heterocycles. The van der Waals surface area contributed by atoms with Gasteiger partial charge in [0.05, 0.1) is 10.8 Å². The van der Waals surface area contributed by atoms with Crippen molar-refractivity contribution < 1.29 is 4.21 Å². The Balaban J connectivity index is 2.97. The predicted molar refractivity (Wildman–Crippen MR) is 57.6 cm³/mol. The first-order valence-corrected chi connectivity index (χ1v) is 5.61. The molecule has 0 spiro atoms. The summed E-state index contributed by atoms with van der Waals surface area (Å²) in [7, 11) is -0.968. The van der Waals surface area contributed by atoms with Crippen LogP contribution < -0.4 is 0 Å². The van der Waals surface area contributed by atoms with Crippen LogP contribution in [0, 0.1) is 0 Å². The molecule has 0 amide bonds. The Bertz CT molecular complexity index is 311. The number of benzene rings is 1. The van der Waals surface area contributed by atoms with Crippen LogP contribution in [0.15, 0.2) is 29.2 Å². The van der Waals surface area contributed by atoms with Crippen LogP contribution in [0.2, 0.25) is 5.02 Å². The van der Waals surface area contributed by atoms with Crippen LogP contribution in [0.4, 0.5) is 0 Å². The standard InChI is InChI=1S/C10H13ClOS/c1-10(2,3)13(12)9-6-4-8(11)5-7-9/h4-7H,1-3H3. The summed E-state index contributed by atoms with van der Waals surface area (Å²) in [6.45, 7) is 5.87. The van der Waals surface area contributed by atoms with Gasteiger partial charge in [0.1, 0.15) is 0 Å². The first-order valence-electron chi connectivity index (χ1n) is 4.09. The summed E-state index contributed by atoms with van der Waals surface area (Å²) in [5, 5.41) is 0.676. The fraction of sp³-hybridized carbons (Fsp3) is 0.400. The van der Waals surface area contributed by atoms with Crippen LogP contribution in [-0.2, 0) is 10.8 Å². The SMILES string of the molecule is CC(C)(C)S(=O)c1ccc(Cl)cc1. The highest BCUT2D eigenvalue weighted by molar-refractivity contribution is 7.86. The van der Waals surface area contributed by atoms with Gasteiger partial charge in [0, 0.05) is 14.7 Å². The highest BCUT2D eigenvalue weighted by Crippen LogP contribution is 2.21. The van der Waals surface area contributed by atoms with E-state index in [1.807, 2.05) is 32.9 Å². The van der Waals surface area contributed by atoms with E-state index in [1.165, 1.54) is 0 Å². The molecule has 0 radical (unpaired) electrons. The van der Waals surface area contributed by atoms with Gasteiger partial charge >= 0.3 is 0 Å². The van der Waals surface area contributed by atoms with Crippen molar-refractivity contribution >= 4 is 22.4 Å². The third-order valence-electron chi connectivity index (χ3n) is 1.58. The maximum atomic E-state index is 11.8. The van der Waals surface area contributed by atoms with Crippen molar-refractivity contribution in [2.75, 3.05) is 0 Å². The van der Waals surface area contributed by atoms with E-state index in [0.29, 0.717) is 5.02 Å². The molecule has 0 saturated carbocycles. The minimum atomic E-state index is -0.968. The van der Waals surface area contributed by atoms with Gasteiger partial charge in [-0.3, -0.25) is 4.21 Å². The summed E-state index contributed by atoms with van der Waals surface area (Å²) in [4.78, 5) is 0.830. The van der Waals surface area contributed by atoms with E-state index in [-0.39, 0.29) is 4.75 Å². The van der Waals surface area contributed by atoms with Gasteiger partial charge in [0.15, 0.2) is 0 Å². The molecule has 0 aliphatic rings. The number of hydrogen-bond donors (Lipinski definition) is 0. The molecule has 13 heavy (non-hydrogen) atoms. The van der Waals surface area contributed by atoms with Gasteiger partial charge in [0.2, 0.25) is 0 Å². The zero-order valence-electron chi connectivity index (χ0n) is 8.00. The molecule has 1 aromatic rings. The quantitative estimate of drug-likeness (QED) is 0.705. The monoisotopic (exact) mass is 216 g/mol. The van der Waals surface area contributed by atoms with E-state index in [4.69, 9.17) is 11.6 Å². The summed E-state index contributed by atoms with van der Waals surface area (Å²) in [6.07, 6.45) is 0. The molecule has 0 N–H and O–H groups in total. The first-order chi connectivity index (χ1) is 5.91. The van der Waals surface area contributed by atoms with Gasteiger partial charge in [-0.25, -0.2) is 0 Å². The van der Waals surface area contributed by atoms with Crippen LogP contribution >= 0.6 is 11.6 Å². The van der Waals surface area contributed by atoms with Crippen molar-refractivity contribution in [3.8, 4) is 0 Å². The lowest BCUT2D eigenvalue weighted by Crippen LogP contribution is -2.21. The van der Waals surface area contributed by atoms with Crippen molar-refractivity contribution in [1.82, 2.24) is 0 Å². The summed E-state index contributed by atoms with van der Waals surface area (Å²) < 4.78 is 11.6. The summed E-state index contributed by atoms with van der Waals surface area (Å²) in [6, 6.07) is 7.15. The second kappa shape index (κ2) is 3.81. The minimum Gasteiger partial charge on any atom is -0.254 e. The second-order valence-corrected chi connectivity index (χ2v) is 6.51. The first kappa shape index (κ1) is 10.7. The van der Waals surface area contributed by atoms with Gasteiger partial charge in [-0.2, -0.15) is 0 Å². The van der Waals surface area contributed by atoms with E-state index in [0.717, 1.165) is 4.90 Å². The lowest BCUT2D eigenvalue weighted by molar-refractivity contribution is 0.649. The largest absolute Gasteiger partial charge is 0.254 e. The molecule has 0 saturated heterocycles. The zero-order valence-corrected chi connectivity index (χ0v) is 9.58. The van der Waals surface area contributed by atoms with Gasteiger partial charge in [0.25, 0.3) is 0 Å². The second-order valence-electron chi connectivity index (χ2n) is 3.84.